The van der Waals surface area contributed by atoms with E-state index in [-0.39, 0.29) is 5.82 Å². The molecule has 2 N–H and O–H groups in total. The number of rotatable bonds is 1. The molecule has 78 valence electrons. The fourth-order valence-corrected chi connectivity index (χ4v) is 1.24. The van der Waals surface area contributed by atoms with Crippen molar-refractivity contribution in [2.75, 3.05) is 5.73 Å². The Kier molecular flexibility index (Phi) is 2.11. The molecular formula is C9H6F3N3. The normalized spacial score (nSPS) is 10.6. The molecule has 1 aromatic heterocycles. The maximum Gasteiger partial charge on any atom is 0.154 e. The molecule has 1 aromatic carbocycles. The van der Waals surface area contributed by atoms with Gasteiger partial charge in [-0.05, 0) is 0 Å². The zero-order valence-corrected chi connectivity index (χ0v) is 7.42. The van der Waals surface area contributed by atoms with Crippen LogP contribution >= 0.6 is 0 Å². The highest BCUT2D eigenvalue weighted by Gasteiger charge is 2.15. The zero-order valence-electron chi connectivity index (χ0n) is 7.42. The van der Waals surface area contributed by atoms with E-state index in [1.807, 2.05) is 0 Å². The molecule has 2 aromatic rings. The van der Waals surface area contributed by atoms with Crippen molar-refractivity contribution in [2.24, 2.45) is 0 Å². The van der Waals surface area contributed by atoms with E-state index in [4.69, 9.17) is 5.73 Å². The minimum Gasteiger partial charge on any atom is -0.384 e. The summed E-state index contributed by atoms with van der Waals surface area (Å²) in [4.78, 5) is 0. The maximum absolute atomic E-state index is 13.3. The monoisotopic (exact) mass is 213 g/mol. The van der Waals surface area contributed by atoms with Crippen LogP contribution in [0.25, 0.3) is 5.69 Å². The van der Waals surface area contributed by atoms with Gasteiger partial charge >= 0.3 is 0 Å². The van der Waals surface area contributed by atoms with E-state index in [0.717, 1.165) is 4.68 Å². The van der Waals surface area contributed by atoms with Gasteiger partial charge in [0.1, 0.15) is 17.3 Å². The van der Waals surface area contributed by atoms with Crippen molar-refractivity contribution in [3.05, 3.63) is 41.8 Å². The second-order valence-electron chi connectivity index (χ2n) is 2.89. The van der Waals surface area contributed by atoms with Gasteiger partial charge in [0.05, 0.1) is 6.20 Å². The van der Waals surface area contributed by atoms with Gasteiger partial charge in [0, 0.05) is 18.2 Å². The average molecular weight is 213 g/mol. The van der Waals surface area contributed by atoms with Gasteiger partial charge < -0.3 is 5.73 Å². The number of hydrogen-bond acceptors (Lipinski definition) is 2. The predicted octanol–water partition coefficient (Wildman–Crippen LogP) is 1.87. The standard InChI is InChI=1S/C9H6F3N3/c10-5-3-6(11)9(7(12)4-5)15-8(13)1-2-14-15/h1-4H,13H2. The minimum absolute atomic E-state index is 0.0689. The summed E-state index contributed by atoms with van der Waals surface area (Å²) in [5.41, 5.74) is 4.93. The van der Waals surface area contributed by atoms with E-state index in [2.05, 4.69) is 5.10 Å². The van der Waals surface area contributed by atoms with Gasteiger partial charge in [-0.3, -0.25) is 0 Å². The van der Waals surface area contributed by atoms with Crippen LogP contribution in [0.1, 0.15) is 0 Å². The number of aromatic nitrogens is 2. The number of nitrogen functional groups attached to an aromatic ring is 1. The molecule has 6 heteroatoms. The first-order chi connectivity index (χ1) is 7.09. The molecule has 2 rings (SSSR count). The van der Waals surface area contributed by atoms with E-state index in [1.165, 1.54) is 12.3 Å². The smallest absolute Gasteiger partial charge is 0.154 e. The van der Waals surface area contributed by atoms with E-state index in [1.54, 1.807) is 0 Å². The summed E-state index contributed by atoms with van der Waals surface area (Å²) in [5.74, 6) is -3.02. The summed E-state index contributed by atoms with van der Waals surface area (Å²) in [6, 6.07) is 2.52. The lowest BCUT2D eigenvalue weighted by Crippen LogP contribution is -2.07. The Morgan fingerprint density at radius 3 is 2.20 bits per heavy atom. The topological polar surface area (TPSA) is 43.8 Å². The van der Waals surface area contributed by atoms with Crippen LogP contribution in [-0.4, -0.2) is 9.78 Å². The Labute approximate surface area is 82.9 Å². The summed E-state index contributed by atoms with van der Waals surface area (Å²) in [5, 5.41) is 3.63. The van der Waals surface area contributed by atoms with Crippen LogP contribution in [-0.2, 0) is 0 Å². The predicted molar refractivity (Wildman–Crippen MR) is 47.9 cm³/mol. The number of nitrogens with two attached hydrogens (primary N) is 1. The highest BCUT2D eigenvalue weighted by molar-refractivity contribution is 5.43. The van der Waals surface area contributed by atoms with Crippen molar-refractivity contribution >= 4 is 5.82 Å². The third kappa shape index (κ3) is 1.54. The maximum atomic E-state index is 13.3. The Morgan fingerprint density at radius 1 is 1.13 bits per heavy atom. The molecule has 0 bridgehead atoms. The highest BCUT2D eigenvalue weighted by Crippen LogP contribution is 2.20. The molecule has 0 aliphatic heterocycles. The lowest BCUT2D eigenvalue weighted by atomic mass is 10.3. The molecule has 0 amide bonds. The molecule has 0 aliphatic carbocycles. The van der Waals surface area contributed by atoms with Crippen molar-refractivity contribution in [3.63, 3.8) is 0 Å². The summed E-state index contributed by atoms with van der Waals surface area (Å²) >= 11 is 0. The summed E-state index contributed by atoms with van der Waals surface area (Å²) in [6.07, 6.45) is 1.29. The van der Waals surface area contributed by atoms with Crippen LogP contribution < -0.4 is 5.73 Å². The first-order valence-electron chi connectivity index (χ1n) is 4.04. The van der Waals surface area contributed by atoms with Crippen LogP contribution in [0.2, 0.25) is 0 Å². The number of halogens is 3. The zero-order chi connectivity index (χ0) is 11.0. The van der Waals surface area contributed by atoms with Crippen molar-refractivity contribution in [1.82, 2.24) is 9.78 Å². The number of anilines is 1. The third-order valence-electron chi connectivity index (χ3n) is 1.87. The SMILES string of the molecule is Nc1ccnn1-c1c(F)cc(F)cc1F. The van der Waals surface area contributed by atoms with Crippen molar-refractivity contribution in [1.29, 1.82) is 0 Å². The lowest BCUT2D eigenvalue weighted by molar-refractivity contribution is 0.529. The van der Waals surface area contributed by atoms with Gasteiger partial charge in [0.25, 0.3) is 0 Å². The molecule has 0 saturated carbocycles. The summed E-state index contributed by atoms with van der Waals surface area (Å²) in [7, 11) is 0. The molecule has 0 atom stereocenters. The van der Waals surface area contributed by atoms with Crippen molar-refractivity contribution in [2.45, 2.75) is 0 Å². The Balaban J connectivity index is 2.68. The molecule has 0 aliphatic rings. The molecule has 3 nitrogen and oxygen atoms in total. The van der Waals surface area contributed by atoms with Gasteiger partial charge in [0.15, 0.2) is 11.6 Å². The van der Waals surface area contributed by atoms with Gasteiger partial charge in [-0.1, -0.05) is 0 Å². The lowest BCUT2D eigenvalue weighted by Gasteiger charge is -2.06. The van der Waals surface area contributed by atoms with Crippen LogP contribution in [0.5, 0.6) is 0 Å². The fourth-order valence-electron chi connectivity index (χ4n) is 1.24. The van der Waals surface area contributed by atoms with Crippen molar-refractivity contribution in [3.8, 4) is 5.69 Å². The Bertz CT molecular complexity index is 484. The van der Waals surface area contributed by atoms with Crippen LogP contribution in [0.4, 0.5) is 19.0 Å². The van der Waals surface area contributed by atoms with E-state index in [9.17, 15) is 13.2 Å². The van der Waals surface area contributed by atoms with Gasteiger partial charge in [-0.15, -0.1) is 0 Å². The average Bonchev–Trinajstić information content (AvgIpc) is 2.50. The van der Waals surface area contributed by atoms with E-state index < -0.39 is 23.1 Å². The molecule has 0 radical (unpaired) electrons. The molecule has 0 saturated heterocycles. The molecular weight excluding hydrogens is 207 g/mol. The Morgan fingerprint density at radius 2 is 1.73 bits per heavy atom. The van der Waals surface area contributed by atoms with Crippen LogP contribution in [0.3, 0.4) is 0 Å². The second kappa shape index (κ2) is 3.30. The van der Waals surface area contributed by atoms with Gasteiger partial charge in [0.2, 0.25) is 0 Å². The third-order valence-corrected chi connectivity index (χ3v) is 1.87. The second-order valence-corrected chi connectivity index (χ2v) is 2.89. The number of nitrogens with zero attached hydrogens (tertiary/aromatic N) is 2. The van der Waals surface area contributed by atoms with E-state index >= 15 is 0 Å². The quantitative estimate of drug-likeness (QED) is 0.785. The van der Waals surface area contributed by atoms with Crippen LogP contribution in [0, 0.1) is 17.5 Å². The minimum atomic E-state index is -1.05. The molecule has 0 fully saturated rings. The molecule has 15 heavy (non-hydrogen) atoms. The Hall–Kier alpha value is -1.98. The van der Waals surface area contributed by atoms with Crippen LogP contribution in [0.15, 0.2) is 24.4 Å². The fraction of sp³-hybridized carbons (Fsp3) is 0. The summed E-state index contributed by atoms with van der Waals surface area (Å²) < 4.78 is 40.0. The largest absolute Gasteiger partial charge is 0.384 e. The molecule has 0 spiro atoms. The summed E-state index contributed by atoms with van der Waals surface area (Å²) in [6.45, 7) is 0. The van der Waals surface area contributed by atoms with E-state index in [0.29, 0.717) is 12.1 Å². The van der Waals surface area contributed by atoms with Gasteiger partial charge in [-0.2, -0.15) is 5.10 Å². The first-order valence-corrected chi connectivity index (χ1v) is 4.04. The van der Waals surface area contributed by atoms with Gasteiger partial charge in [-0.25, -0.2) is 17.9 Å². The number of hydrogen-bond donors (Lipinski definition) is 1. The first kappa shape index (κ1) is 9.57. The molecule has 0 unspecified atom stereocenters. The number of benzene rings is 1. The highest BCUT2D eigenvalue weighted by atomic mass is 19.1. The van der Waals surface area contributed by atoms with Crippen molar-refractivity contribution < 1.29 is 13.2 Å². The molecule has 1 heterocycles.